The summed E-state index contributed by atoms with van der Waals surface area (Å²) in [7, 11) is 0. The van der Waals surface area contributed by atoms with Crippen molar-refractivity contribution >= 4 is 15.9 Å². The molecule has 1 heterocycles. The van der Waals surface area contributed by atoms with Gasteiger partial charge >= 0.3 is 0 Å². The standard InChI is InChI=1S/C11H9BrO/c1-2-8-5-9-6-10(12)3-4-11(9)13-7-8/h2-4,6-7H,1,5H2. The third kappa shape index (κ3) is 1.68. The molecule has 1 nitrogen and oxygen atoms in total. The lowest BCUT2D eigenvalue weighted by molar-refractivity contribution is 0.459. The van der Waals surface area contributed by atoms with E-state index in [0.717, 1.165) is 22.2 Å². The third-order valence-corrected chi connectivity index (χ3v) is 2.51. The lowest BCUT2D eigenvalue weighted by atomic mass is 10.0. The van der Waals surface area contributed by atoms with Crippen molar-refractivity contribution < 1.29 is 4.74 Å². The van der Waals surface area contributed by atoms with Crippen LogP contribution in [0.3, 0.4) is 0 Å². The predicted molar refractivity (Wildman–Crippen MR) is 56.8 cm³/mol. The molecule has 0 spiro atoms. The molecule has 2 rings (SSSR count). The van der Waals surface area contributed by atoms with Crippen LogP contribution in [0.25, 0.3) is 0 Å². The Morgan fingerprint density at radius 1 is 1.46 bits per heavy atom. The molecule has 0 radical (unpaired) electrons. The zero-order valence-electron chi connectivity index (χ0n) is 7.09. The predicted octanol–water partition coefficient (Wildman–Crippen LogP) is 3.45. The number of hydrogen-bond acceptors (Lipinski definition) is 1. The van der Waals surface area contributed by atoms with E-state index in [4.69, 9.17) is 4.74 Å². The molecule has 0 atom stereocenters. The zero-order chi connectivity index (χ0) is 9.26. The second-order valence-electron chi connectivity index (χ2n) is 2.94. The Morgan fingerprint density at radius 2 is 2.31 bits per heavy atom. The third-order valence-electron chi connectivity index (χ3n) is 2.02. The van der Waals surface area contributed by atoms with Gasteiger partial charge in [0.1, 0.15) is 5.75 Å². The molecule has 0 saturated carbocycles. The molecule has 0 N–H and O–H groups in total. The molecule has 0 aromatic heterocycles. The summed E-state index contributed by atoms with van der Waals surface area (Å²) in [5.41, 5.74) is 2.32. The van der Waals surface area contributed by atoms with Gasteiger partial charge in [-0.1, -0.05) is 28.6 Å². The molecule has 1 aromatic carbocycles. The SMILES string of the molecule is C=CC1=COc2ccc(Br)cc2C1. The van der Waals surface area contributed by atoms with Crippen LogP contribution >= 0.6 is 15.9 Å². The minimum absolute atomic E-state index is 0.901. The summed E-state index contributed by atoms with van der Waals surface area (Å²) in [6, 6.07) is 6.02. The largest absolute Gasteiger partial charge is 0.464 e. The number of allylic oxidation sites excluding steroid dienone is 2. The summed E-state index contributed by atoms with van der Waals surface area (Å²) >= 11 is 3.43. The molecule has 0 fully saturated rings. The molecular formula is C11H9BrO. The van der Waals surface area contributed by atoms with Gasteiger partial charge in [-0.25, -0.2) is 0 Å². The Morgan fingerprint density at radius 3 is 3.08 bits per heavy atom. The average Bonchev–Trinajstić information content (AvgIpc) is 2.16. The van der Waals surface area contributed by atoms with Crippen LogP contribution in [-0.4, -0.2) is 0 Å². The lowest BCUT2D eigenvalue weighted by Gasteiger charge is -2.15. The summed E-state index contributed by atoms with van der Waals surface area (Å²) in [4.78, 5) is 0. The second kappa shape index (κ2) is 3.38. The molecule has 1 aromatic rings. The van der Waals surface area contributed by atoms with E-state index in [0.29, 0.717) is 0 Å². The Bertz CT molecular complexity index is 380. The molecule has 0 bridgehead atoms. The van der Waals surface area contributed by atoms with Crippen molar-refractivity contribution in [2.45, 2.75) is 6.42 Å². The normalized spacial score (nSPS) is 14.1. The van der Waals surface area contributed by atoms with E-state index < -0.39 is 0 Å². The molecule has 2 heteroatoms. The quantitative estimate of drug-likeness (QED) is 0.726. The Kier molecular flexibility index (Phi) is 2.23. The van der Waals surface area contributed by atoms with Crippen molar-refractivity contribution in [3.05, 3.63) is 52.7 Å². The van der Waals surface area contributed by atoms with Gasteiger partial charge in [-0.15, -0.1) is 0 Å². The van der Waals surface area contributed by atoms with Crippen LogP contribution in [-0.2, 0) is 6.42 Å². The number of rotatable bonds is 1. The molecule has 0 amide bonds. The summed E-state index contributed by atoms with van der Waals surface area (Å²) in [5, 5.41) is 0. The highest BCUT2D eigenvalue weighted by Crippen LogP contribution is 2.29. The maximum atomic E-state index is 5.43. The van der Waals surface area contributed by atoms with Crippen molar-refractivity contribution in [3.8, 4) is 5.75 Å². The van der Waals surface area contributed by atoms with E-state index in [1.807, 2.05) is 18.2 Å². The van der Waals surface area contributed by atoms with Crippen LogP contribution < -0.4 is 4.74 Å². The smallest absolute Gasteiger partial charge is 0.130 e. The van der Waals surface area contributed by atoms with Crippen LogP contribution in [0.1, 0.15) is 5.56 Å². The van der Waals surface area contributed by atoms with E-state index >= 15 is 0 Å². The van der Waals surface area contributed by atoms with Crippen molar-refractivity contribution in [2.75, 3.05) is 0 Å². The van der Waals surface area contributed by atoms with E-state index in [2.05, 4.69) is 28.6 Å². The molecular weight excluding hydrogens is 228 g/mol. The molecule has 66 valence electrons. The molecule has 13 heavy (non-hydrogen) atoms. The first-order chi connectivity index (χ1) is 6.29. The van der Waals surface area contributed by atoms with E-state index in [1.54, 1.807) is 6.26 Å². The zero-order valence-corrected chi connectivity index (χ0v) is 8.67. The number of ether oxygens (including phenoxy) is 1. The van der Waals surface area contributed by atoms with Gasteiger partial charge < -0.3 is 4.74 Å². The summed E-state index contributed by atoms with van der Waals surface area (Å²) in [5.74, 6) is 0.939. The van der Waals surface area contributed by atoms with E-state index in [1.165, 1.54) is 5.56 Å². The lowest BCUT2D eigenvalue weighted by Crippen LogP contribution is -2.00. The minimum atomic E-state index is 0.901. The van der Waals surface area contributed by atoms with Gasteiger partial charge in [0.25, 0.3) is 0 Å². The van der Waals surface area contributed by atoms with Gasteiger partial charge in [-0.3, -0.25) is 0 Å². The van der Waals surface area contributed by atoms with Gasteiger partial charge in [-0.2, -0.15) is 0 Å². The maximum Gasteiger partial charge on any atom is 0.130 e. The van der Waals surface area contributed by atoms with Crippen molar-refractivity contribution in [2.24, 2.45) is 0 Å². The maximum absolute atomic E-state index is 5.43. The average molecular weight is 237 g/mol. The van der Waals surface area contributed by atoms with Crippen LogP contribution in [0, 0.1) is 0 Å². The van der Waals surface area contributed by atoms with Crippen molar-refractivity contribution in [1.29, 1.82) is 0 Å². The van der Waals surface area contributed by atoms with Crippen LogP contribution in [0.4, 0.5) is 0 Å². The highest BCUT2D eigenvalue weighted by molar-refractivity contribution is 9.10. The summed E-state index contributed by atoms with van der Waals surface area (Å²) in [6.07, 6.45) is 4.48. The molecule has 0 aliphatic carbocycles. The van der Waals surface area contributed by atoms with Crippen molar-refractivity contribution in [3.63, 3.8) is 0 Å². The van der Waals surface area contributed by atoms with Crippen LogP contribution in [0.5, 0.6) is 5.75 Å². The molecule has 0 saturated heterocycles. The Balaban J connectivity index is 2.39. The summed E-state index contributed by atoms with van der Waals surface area (Å²) < 4.78 is 6.51. The van der Waals surface area contributed by atoms with E-state index in [9.17, 15) is 0 Å². The topological polar surface area (TPSA) is 9.23 Å². The van der Waals surface area contributed by atoms with Gasteiger partial charge in [-0.05, 0) is 23.8 Å². The number of benzene rings is 1. The van der Waals surface area contributed by atoms with E-state index in [-0.39, 0.29) is 0 Å². The first-order valence-electron chi connectivity index (χ1n) is 4.06. The van der Waals surface area contributed by atoms with Gasteiger partial charge in [0.2, 0.25) is 0 Å². The fraction of sp³-hybridized carbons (Fsp3) is 0.0909. The molecule has 1 aliphatic heterocycles. The minimum Gasteiger partial charge on any atom is -0.464 e. The number of halogens is 1. The van der Waals surface area contributed by atoms with Gasteiger partial charge in [0.15, 0.2) is 0 Å². The monoisotopic (exact) mass is 236 g/mol. The van der Waals surface area contributed by atoms with Crippen LogP contribution in [0.15, 0.2) is 47.2 Å². The second-order valence-corrected chi connectivity index (χ2v) is 3.86. The highest BCUT2D eigenvalue weighted by Gasteiger charge is 2.10. The van der Waals surface area contributed by atoms with Crippen LogP contribution in [0.2, 0.25) is 0 Å². The Hall–Kier alpha value is -1.02. The Labute approximate surface area is 85.9 Å². The highest BCUT2D eigenvalue weighted by atomic mass is 79.9. The summed E-state index contributed by atoms with van der Waals surface area (Å²) in [6.45, 7) is 3.72. The fourth-order valence-electron chi connectivity index (χ4n) is 1.32. The molecule has 0 unspecified atom stereocenters. The van der Waals surface area contributed by atoms with Gasteiger partial charge in [0.05, 0.1) is 6.26 Å². The molecule has 1 aliphatic rings. The number of hydrogen-bond donors (Lipinski definition) is 0. The van der Waals surface area contributed by atoms with Gasteiger partial charge in [0, 0.05) is 16.5 Å². The number of fused-ring (bicyclic) bond motifs is 1. The first-order valence-corrected chi connectivity index (χ1v) is 4.85. The first kappa shape index (κ1) is 8.57. The fourth-order valence-corrected chi connectivity index (χ4v) is 1.73. The van der Waals surface area contributed by atoms with Crippen molar-refractivity contribution in [1.82, 2.24) is 0 Å².